The van der Waals surface area contributed by atoms with Gasteiger partial charge in [-0.3, -0.25) is 0 Å². The van der Waals surface area contributed by atoms with Crippen molar-refractivity contribution in [2.45, 2.75) is 77.4 Å². The van der Waals surface area contributed by atoms with Gasteiger partial charge in [-0.05, 0) is 83.0 Å². The fraction of sp³-hybridized carbons (Fsp3) is 0.917. The summed E-state index contributed by atoms with van der Waals surface area (Å²) in [6.45, 7) is 7.01. The number of hydrogen-bond donors (Lipinski definition) is 0. The third-order valence-electron chi connectivity index (χ3n) is 6.91. The SMILES string of the molecule is CC1CCC(COC(=O)OCC2CCC(COC(=O)OCC3CCOC(C)C3)CC2)CO1. The van der Waals surface area contributed by atoms with Crippen LogP contribution in [0.1, 0.15) is 65.2 Å². The molecule has 184 valence electrons. The van der Waals surface area contributed by atoms with E-state index < -0.39 is 12.3 Å². The maximum Gasteiger partial charge on any atom is 0.508 e. The van der Waals surface area contributed by atoms with Crippen LogP contribution < -0.4 is 0 Å². The summed E-state index contributed by atoms with van der Waals surface area (Å²) in [6.07, 6.45) is 7.02. The van der Waals surface area contributed by atoms with Crippen LogP contribution in [-0.4, -0.2) is 64.2 Å². The van der Waals surface area contributed by atoms with Crippen LogP contribution in [0.5, 0.6) is 0 Å². The standard InChI is InChI=1S/C24H40O8/c1-17-3-4-22(15-28-17)16-32-24(26)30-13-20-7-5-19(6-8-20)12-29-23(25)31-14-21-9-10-27-18(2)11-21/h17-22H,3-16H2,1-2H3. The molecule has 3 fully saturated rings. The zero-order valence-corrected chi connectivity index (χ0v) is 19.6. The topological polar surface area (TPSA) is 89.5 Å². The molecule has 0 spiro atoms. The highest BCUT2D eigenvalue weighted by Gasteiger charge is 2.26. The lowest BCUT2D eigenvalue weighted by atomic mass is 9.83. The molecule has 0 aromatic carbocycles. The predicted octanol–water partition coefficient (Wildman–Crippen LogP) is 4.73. The van der Waals surface area contributed by atoms with E-state index in [0.29, 0.717) is 56.9 Å². The van der Waals surface area contributed by atoms with E-state index in [1.807, 2.05) is 6.92 Å². The molecule has 0 N–H and O–H groups in total. The van der Waals surface area contributed by atoms with Gasteiger partial charge in [0.2, 0.25) is 0 Å². The van der Waals surface area contributed by atoms with Gasteiger partial charge in [0.05, 0.1) is 45.2 Å². The Bertz CT molecular complexity index is 566. The normalized spacial score (nSPS) is 33.2. The summed E-state index contributed by atoms with van der Waals surface area (Å²) in [5, 5.41) is 0. The Morgan fingerprint density at radius 3 is 1.62 bits per heavy atom. The first-order valence-electron chi connectivity index (χ1n) is 12.3. The van der Waals surface area contributed by atoms with Gasteiger partial charge in [0.1, 0.15) is 0 Å². The molecule has 4 atom stereocenters. The number of carbonyl (C=O) groups is 2. The third-order valence-corrected chi connectivity index (χ3v) is 6.91. The highest BCUT2D eigenvalue weighted by Crippen LogP contribution is 2.29. The number of hydrogen-bond acceptors (Lipinski definition) is 8. The second kappa shape index (κ2) is 13.2. The smallest absolute Gasteiger partial charge is 0.434 e. The minimum atomic E-state index is -0.587. The zero-order valence-electron chi connectivity index (χ0n) is 19.6. The van der Waals surface area contributed by atoms with Crippen LogP contribution >= 0.6 is 0 Å². The highest BCUT2D eigenvalue weighted by atomic mass is 16.7. The number of rotatable bonds is 8. The molecule has 1 aliphatic carbocycles. The van der Waals surface area contributed by atoms with E-state index >= 15 is 0 Å². The van der Waals surface area contributed by atoms with Crippen LogP contribution in [0.2, 0.25) is 0 Å². The molecule has 0 amide bonds. The Morgan fingerprint density at radius 1 is 0.625 bits per heavy atom. The maximum atomic E-state index is 11.9. The van der Waals surface area contributed by atoms with Crippen molar-refractivity contribution in [1.29, 1.82) is 0 Å². The Balaban J connectivity index is 1.19. The Morgan fingerprint density at radius 2 is 1.12 bits per heavy atom. The molecule has 2 aliphatic heterocycles. The Kier molecular flexibility index (Phi) is 10.4. The van der Waals surface area contributed by atoms with Gasteiger partial charge in [-0.1, -0.05) is 0 Å². The second-order valence-electron chi connectivity index (χ2n) is 9.79. The zero-order chi connectivity index (χ0) is 22.8. The summed E-state index contributed by atoms with van der Waals surface area (Å²) < 4.78 is 32.3. The molecule has 8 nitrogen and oxygen atoms in total. The van der Waals surface area contributed by atoms with E-state index in [2.05, 4.69) is 6.92 Å². The number of ether oxygens (including phenoxy) is 6. The monoisotopic (exact) mass is 456 g/mol. The molecule has 3 rings (SSSR count). The Labute approximate surface area is 191 Å². The molecule has 0 bridgehead atoms. The van der Waals surface area contributed by atoms with E-state index in [-0.39, 0.29) is 12.0 Å². The van der Waals surface area contributed by atoms with Crippen LogP contribution in [0.15, 0.2) is 0 Å². The van der Waals surface area contributed by atoms with Gasteiger partial charge in [0, 0.05) is 12.5 Å². The van der Waals surface area contributed by atoms with E-state index in [4.69, 9.17) is 28.4 Å². The maximum absolute atomic E-state index is 11.9. The van der Waals surface area contributed by atoms with E-state index in [0.717, 1.165) is 58.0 Å². The molecular formula is C24H40O8. The summed E-state index contributed by atoms with van der Waals surface area (Å²) in [7, 11) is 0. The average molecular weight is 457 g/mol. The lowest BCUT2D eigenvalue weighted by Crippen LogP contribution is -2.28. The molecule has 8 heteroatoms. The summed E-state index contributed by atoms with van der Waals surface area (Å²) in [5.41, 5.74) is 0. The van der Waals surface area contributed by atoms with Crippen LogP contribution in [0, 0.1) is 23.7 Å². The molecule has 2 saturated heterocycles. The minimum Gasteiger partial charge on any atom is -0.434 e. The molecule has 1 saturated carbocycles. The van der Waals surface area contributed by atoms with Crippen molar-refractivity contribution in [2.75, 3.05) is 39.6 Å². The Hall–Kier alpha value is -1.54. The second-order valence-corrected chi connectivity index (χ2v) is 9.79. The van der Waals surface area contributed by atoms with Crippen molar-refractivity contribution in [1.82, 2.24) is 0 Å². The minimum absolute atomic E-state index is 0.227. The summed E-state index contributed by atoms with van der Waals surface area (Å²) in [6, 6.07) is 0. The molecule has 32 heavy (non-hydrogen) atoms. The quantitative estimate of drug-likeness (QED) is 0.484. The fourth-order valence-electron chi connectivity index (χ4n) is 4.70. The lowest BCUT2D eigenvalue weighted by molar-refractivity contribution is -0.0346. The van der Waals surface area contributed by atoms with E-state index in [1.165, 1.54) is 0 Å². The first-order chi connectivity index (χ1) is 15.5. The van der Waals surface area contributed by atoms with Gasteiger partial charge in [-0.2, -0.15) is 0 Å². The molecule has 0 radical (unpaired) electrons. The average Bonchev–Trinajstić information content (AvgIpc) is 2.80. The lowest BCUT2D eigenvalue weighted by Gasteiger charge is -2.28. The van der Waals surface area contributed by atoms with E-state index in [1.54, 1.807) is 0 Å². The van der Waals surface area contributed by atoms with Crippen molar-refractivity contribution in [3.8, 4) is 0 Å². The number of carbonyl (C=O) groups excluding carboxylic acids is 2. The summed E-state index contributed by atoms with van der Waals surface area (Å²) >= 11 is 0. The van der Waals surface area contributed by atoms with Crippen LogP contribution in [-0.2, 0) is 28.4 Å². The van der Waals surface area contributed by atoms with Crippen molar-refractivity contribution < 1.29 is 38.0 Å². The van der Waals surface area contributed by atoms with Crippen LogP contribution in [0.3, 0.4) is 0 Å². The van der Waals surface area contributed by atoms with Crippen molar-refractivity contribution in [3.63, 3.8) is 0 Å². The fourth-order valence-corrected chi connectivity index (χ4v) is 4.70. The molecule has 4 unspecified atom stereocenters. The van der Waals surface area contributed by atoms with Crippen LogP contribution in [0.4, 0.5) is 9.59 Å². The first kappa shape index (κ1) is 25.1. The summed E-state index contributed by atoms with van der Waals surface area (Å²) in [4.78, 5) is 23.8. The van der Waals surface area contributed by atoms with Gasteiger partial charge in [-0.25, -0.2) is 9.59 Å². The molecule has 0 aromatic rings. The molecular weight excluding hydrogens is 416 g/mol. The molecule has 2 heterocycles. The van der Waals surface area contributed by atoms with Crippen molar-refractivity contribution >= 4 is 12.3 Å². The predicted molar refractivity (Wildman–Crippen MR) is 116 cm³/mol. The van der Waals surface area contributed by atoms with Crippen molar-refractivity contribution in [3.05, 3.63) is 0 Å². The largest absolute Gasteiger partial charge is 0.508 e. The first-order valence-corrected chi connectivity index (χ1v) is 12.3. The third kappa shape index (κ3) is 9.14. The van der Waals surface area contributed by atoms with Gasteiger partial charge < -0.3 is 28.4 Å². The molecule has 0 aromatic heterocycles. The highest BCUT2D eigenvalue weighted by molar-refractivity contribution is 5.60. The van der Waals surface area contributed by atoms with Gasteiger partial charge >= 0.3 is 12.3 Å². The van der Waals surface area contributed by atoms with E-state index in [9.17, 15) is 9.59 Å². The van der Waals surface area contributed by atoms with Crippen molar-refractivity contribution in [2.24, 2.45) is 23.7 Å². The van der Waals surface area contributed by atoms with Gasteiger partial charge in [0.25, 0.3) is 0 Å². The van der Waals surface area contributed by atoms with Gasteiger partial charge in [-0.15, -0.1) is 0 Å². The van der Waals surface area contributed by atoms with Gasteiger partial charge in [0.15, 0.2) is 0 Å². The molecule has 3 aliphatic rings. The summed E-state index contributed by atoms with van der Waals surface area (Å²) in [5.74, 6) is 1.29. The van der Waals surface area contributed by atoms with Crippen LogP contribution in [0.25, 0.3) is 0 Å².